The molecule has 0 unspecified atom stereocenters. The third kappa shape index (κ3) is 5.24. The van der Waals surface area contributed by atoms with Gasteiger partial charge in [-0.05, 0) is 53.6 Å². The van der Waals surface area contributed by atoms with Crippen molar-refractivity contribution in [2.24, 2.45) is 4.99 Å². The number of nitrogens with zero attached hydrogens (tertiary/aromatic N) is 2. The molecule has 1 fully saturated rings. The average molecular weight is 489 g/mol. The quantitative estimate of drug-likeness (QED) is 0.345. The number of nitrogens with one attached hydrogen (secondary N) is 2. The molecule has 0 bridgehead atoms. The van der Waals surface area contributed by atoms with E-state index in [2.05, 4.69) is 38.8 Å². The molecule has 1 aromatic heterocycles. The van der Waals surface area contributed by atoms with Gasteiger partial charge in [0, 0.05) is 13.0 Å². The molecule has 0 saturated carbocycles. The summed E-state index contributed by atoms with van der Waals surface area (Å²) in [4.78, 5) is 21.6. The van der Waals surface area contributed by atoms with E-state index in [4.69, 9.17) is 4.74 Å². The lowest BCUT2D eigenvalue weighted by atomic mass is 10.1. The molecule has 5 rings (SSSR count). The number of rotatable bonds is 8. The number of benzene rings is 3. The lowest BCUT2D eigenvalue weighted by Crippen LogP contribution is -2.31. The molecule has 4 aromatic rings. The van der Waals surface area contributed by atoms with Crippen molar-refractivity contribution in [3.8, 4) is 5.75 Å². The monoisotopic (exact) mass is 488 g/mol. The maximum Gasteiger partial charge on any atom is 0.219 e. The van der Waals surface area contributed by atoms with Crippen molar-refractivity contribution >= 4 is 54.4 Å². The Morgan fingerprint density at radius 1 is 1.03 bits per heavy atom. The molecule has 6 nitrogen and oxygen atoms in total. The molecule has 0 spiro atoms. The largest absolute Gasteiger partial charge is 0.494 e. The molecule has 1 saturated heterocycles. The molecule has 1 aliphatic heterocycles. The van der Waals surface area contributed by atoms with Crippen molar-refractivity contribution in [3.05, 3.63) is 83.9 Å². The summed E-state index contributed by atoms with van der Waals surface area (Å²) in [7, 11) is 1.66. The molecule has 2 N–H and O–H groups in total. The fraction of sp³-hybridized carbons (Fsp3) is 0.192. The zero-order valence-corrected chi connectivity index (χ0v) is 20.3. The van der Waals surface area contributed by atoms with Crippen LogP contribution in [0, 0.1) is 0 Å². The second-order valence-corrected chi connectivity index (χ2v) is 9.92. The smallest absolute Gasteiger partial charge is 0.219 e. The van der Waals surface area contributed by atoms with Gasteiger partial charge < -0.3 is 15.4 Å². The molecule has 1 atom stereocenters. The van der Waals surface area contributed by atoms with Crippen LogP contribution in [-0.4, -0.2) is 35.0 Å². The molecular formula is C26H24N4O2S2. The molecule has 0 aliphatic carbocycles. The van der Waals surface area contributed by atoms with E-state index in [-0.39, 0.29) is 11.2 Å². The Morgan fingerprint density at radius 3 is 2.65 bits per heavy atom. The van der Waals surface area contributed by atoms with Crippen LogP contribution in [0.1, 0.15) is 11.1 Å². The maximum atomic E-state index is 12.4. The summed E-state index contributed by atoms with van der Waals surface area (Å²) in [6.07, 6.45) is 1.54. The topological polar surface area (TPSA) is 75.6 Å². The van der Waals surface area contributed by atoms with Gasteiger partial charge >= 0.3 is 0 Å². The average Bonchev–Trinajstić information content (AvgIpc) is 3.43. The zero-order valence-electron chi connectivity index (χ0n) is 18.7. The van der Waals surface area contributed by atoms with Gasteiger partial charge in [-0.2, -0.15) is 0 Å². The number of amidine groups is 1. The van der Waals surface area contributed by atoms with E-state index in [0.717, 1.165) is 45.3 Å². The summed E-state index contributed by atoms with van der Waals surface area (Å²) >= 11 is 2.81. The highest BCUT2D eigenvalue weighted by Gasteiger charge is 2.29. The minimum atomic E-state index is -0.237. The molecule has 0 amide bonds. The van der Waals surface area contributed by atoms with Crippen LogP contribution >= 0.6 is 23.1 Å². The van der Waals surface area contributed by atoms with Gasteiger partial charge in [-0.25, -0.2) is 9.98 Å². The highest BCUT2D eigenvalue weighted by molar-refractivity contribution is 8.27. The van der Waals surface area contributed by atoms with Gasteiger partial charge in [0.1, 0.15) is 17.3 Å². The van der Waals surface area contributed by atoms with Crippen molar-refractivity contribution in [2.45, 2.75) is 18.9 Å². The first kappa shape index (κ1) is 22.4. The van der Waals surface area contributed by atoms with Crippen molar-refractivity contribution in [3.63, 3.8) is 0 Å². The van der Waals surface area contributed by atoms with Crippen LogP contribution in [0.2, 0.25) is 0 Å². The summed E-state index contributed by atoms with van der Waals surface area (Å²) in [5.41, 5.74) is 4.07. The van der Waals surface area contributed by atoms with E-state index in [9.17, 15) is 4.79 Å². The van der Waals surface area contributed by atoms with Gasteiger partial charge in [-0.15, -0.1) is 0 Å². The van der Waals surface area contributed by atoms with Crippen LogP contribution in [0.4, 0.5) is 10.8 Å². The number of carbonyl (C=O) groups excluding carboxylic acids is 1. The summed E-state index contributed by atoms with van der Waals surface area (Å²) in [6.45, 7) is 0.781. The molecule has 2 heterocycles. The first-order valence-electron chi connectivity index (χ1n) is 11.0. The molecule has 172 valence electrons. The maximum absolute atomic E-state index is 12.4. The third-order valence-corrected chi connectivity index (χ3v) is 7.39. The van der Waals surface area contributed by atoms with Crippen molar-refractivity contribution < 1.29 is 9.53 Å². The Morgan fingerprint density at radius 2 is 1.85 bits per heavy atom. The number of aliphatic imine (C=N–C) groups is 1. The number of fused-ring (bicyclic) bond motifs is 1. The second kappa shape index (κ2) is 10.3. The number of anilines is 1. The fourth-order valence-corrected chi connectivity index (χ4v) is 5.51. The lowest BCUT2D eigenvalue weighted by Gasteiger charge is -2.08. The number of hydrogen-bond donors (Lipinski definition) is 2. The number of ether oxygens (including phenoxy) is 1. The van der Waals surface area contributed by atoms with E-state index in [0.29, 0.717) is 11.6 Å². The predicted octanol–water partition coefficient (Wildman–Crippen LogP) is 5.42. The molecule has 0 radical (unpaired) electrons. The Balaban J connectivity index is 1.15. The van der Waals surface area contributed by atoms with E-state index in [1.807, 2.05) is 54.6 Å². The number of methoxy groups -OCH3 is 1. The zero-order chi connectivity index (χ0) is 23.3. The Kier molecular flexibility index (Phi) is 6.78. The number of aromatic nitrogens is 1. The highest BCUT2D eigenvalue weighted by Crippen LogP contribution is 2.32. The van der Waals surface area contributed by atoms with Gasteiger partial charge in [-0.1, -0.05) is 59.9 Å². The van der Waals surface area contributed by atoms with Crippen molar-refractivity contribution in [2.75, 3.05) is 19.0 Å². The van der Waals surface area contributed by atoms with Gasteiger partial charge in [0.25, 0.3) is 0 Å². The normalized spacial score (nSPS) is 16.7. The fourth-order valence-electron chi connectivity index (χ4n) is 3.77. The number of para-hydroxylation sites is 1. The Labute approximate surface area is 206 Å². The number of hydrogen-bond acceptors (Lipinski definition) is 7. The van der Waals surface area contributed by atoms with Gasteiger partial charge in [-0.3, -0.25) is 4.79 Å². The second-order valence-electron chi connectivity index (χ2n) is 7.89. The molecule has 8 heteroatoms. The minimum Gasteiger partial charge on any atom is -0.494 e. The summed E-state index contributed by atoms with van der Waals surface area (Å²) < 4.78 is 6.50. The van der Waals surface area contributed by atoms with Crippen LogP contribution < -0.4 is 15.4 Å². The molecule has 34 heavy (non-hydrogen) atoms. The van der Waals surface area contributed by atoms with Crippen LogP contribution in [0.15, 0.2) is 77.8 Å². The highest BCUT2D eigenvalue weighted by atomic mass is 32.2. The molecule has 3 aromatic carbocycles. The van der Waals surface area contributed by atoms with Crippen molar-refractivity contribution in [1.29, 1.82) is 0 Å². The van der Waals surface area contributed by atoms with E-state index in [1.165, 1.54) is 17.3 Å². The van der Waals surface area contributed by atoms with Crippen LogP contribution in [0.3, 0.4) is 0 Å². The summed E-state index contributed by atoms with van der Waals surface area (Å²) in [6, 6.07) is 23.9. The molecule has 1 aliphatic rings. The van der Waals surface area contributed by atoms with Crippen LogP contribution in [-0.2, 0) is 17.6 Å². The van der Waals surface area contributed by atoms with Gasteiger partial charge in [0.2, 0.25) is 5.12 Å². The first-order valence-corrected chi connectivity index (χ1v) is 12.7. The Bertz CT molecular complexity index is 1320. The number of carbonyl (C=O) groups is 1. The lowest BCUT2D eigenvalue weighted by molar-refractivity contribution is -0.112. The third-order valence-electron chi connectivity index (χ3n) is 5.52. The number of thiazole rings is 1. The van der Waals surface area contributed by atoms with E-state index < -0.39 is 0 Å². The first-order chi connectivity index (χ1) is 16.7. The summed E-state index contributed by atoms with van der Waals surface area (Å²) in [5.74, 6) is 0.794. The molecular weight excluding hydrogens is 464 g/mol. The predicted molar refractivity (Wildman–Crippen MR) is 142 cm³/mol. The van der Waals surface area contributed by atoms with Crippen LogP contribution in [0.25, 0.3) is 10.2 Å². The Hall–Kier alpha value is -3.36. The summed E-state index contributed by atoms with van der Waals surface area (Å²) in [5, 5.41) is 8.33. The standard InChI is InChI=1S/C26H24N4O2S2/c1-32-21-8-5-9-22-23(21)30-25(33-22)27-15-14-17-10-12-19(13-11-17)28-26-29-20(24(31)34-26)16-18-6-3-2-4-7-18/h2-13,20H,14-16H2,1H3,(H,27,30)(H,28,29)/t20-/m0/s1. The van der Waals surface area contributed by atoms with E-state index in [1.54, 1.807) is 18.4 Å². The van der Waals surface area contributed by atoms with Crippen LogP contribution in [0.5, 0.6) is 5.75 Å². The number of thioether (sulfide) groups is 1. The SMILES string of the molecule is COc1cccc2sc(NCCc3ccc(/N=C4/N[C@@H](Cc5ccccc5)C(=O)S4)cc3)nc12. The van der Waals surface area contributed by atoms with Gasteiger partial charge in [0.05, 0.1) is 17.5 Å². The van der Waals surface area contributed by atoms with Gasteiger partial charge in [0.15, 0.2) is 10.3 Å². The van der Waals surface area contributed by atoms with E-state index >= 15 is 0 Å². The minimum absolute atomic E-state index is 0.109. The van der Waals surface area contributed by atoms with Crippen molar-refractivity contribution in [1.82, 2.24) is 10.3 Å².